The van der Waals surface area contributed by atoms with Gasteiger partial charge in [0, 0.05) is 7.05 Å². The van der Waals surface area contributed by atoms with E-state index in [1.54, 1.807) is 18.2 Å². The molecule has 0 fully saturated rings. The zero-order chi connectivity index (χ0) is 8.97. The average molecular weight is 167 g/mol. The largest absolute Gasteiger partial charge is 0.355 e. The molecule has 4 heteroatoms. The Bertz CT molecular complexity index is 285. The van der Waals surface area contributed by atoms with Gasteiger partial charge in [0.2, 0.25) is 0 Å². The Morgan fingerprint density at radius 1 is 1.50 bits per heavy atom. The SMILES string of the molecule is CNC(=O)c1ccccc1OO. The maximum absolute atomic E-state index is 11.1. The lowest BCUT2D eigenvalue weighted by Crippen LogP contribution is -2.18. The predicted molar refractivity (Wildman–Crippen MR) is 43.1 cm³/mol. The molecule has 12 heavy (non-hydrogen) atoms. The summed E-state index contributed by atoms with van der Waals surface area (Å²) in [4.78, 5) is 15.1. The molecule has 0 aromatic heterocycles. The minimum Gasteiger partial charge on any atom is -0.355 e. The summed E-state index contributed by atoms with van der Waals surface area (Å²) in [5.74, 6) is -0.142. The monoisotopic (exact) mass is 167 g/mol. The minimum absolute atomic E-state index is 0.150. The number of benzene rings is 1. The molecule has 0 radical (unpaired) electrons. The van der Waals surface area contributed by atoms with Gasteiger partial charge in [-0.2, -0.15) is 0 Å². The summed E-state index contributed by atoms with van der Waals surface area (Å²) in [5, 5.41) is 10.8. The van der Waals surface area contributed by atoms with E-state index in [0.717, 1.165) is 0 Å². The molecule has 0 saturated heterocycles. The van der Waals surface area contributed by atoms with Crippen molar-refractivity contribution in [3.05, 3.63) is 29.8 Å². The van der Waals surface area contributed by atoms with E-state index in [0.29, 0.717) is 5.56 Å². The topological polar surface area (TPSA) is 58.6 Å². The zero-order valence-electron chi connectivity index (χ0n) is 6.57. The van der Waals surface area contributed by atoms with Crippen molar-refractivity contribution in [2.45, 2.75) is 0 Å². The fourth-order valence-corrected chi connectivity index (χ4v) is 0.869. The second-order valence-electron chi connectivity index (χ2n) is 2.17. The first-order chi connectivity index (χ1) is 5.79. The third-order valence-corrected chi connectivity index (χ3v) is 1.46. The van der Waals surface area contributed by atoms with Gasteiger partial charge in [-0.3, -0.25) is 4.79 Å². The van der Waals surface area contributed by atoms with Gasteiger partial charge in [0.05, 0.1) is 5.56 Å². The van der Waals surface area contributed by atoms with Crippen molar-refractivity contribution in [3.63, 3.8) is 0 Å². The number of rotatable bonds is 2. The Morgan fingerprint density at radius 3 is 2.75 bits per heavy atom. The van der Waals surface area contributed by atoms with E-state index in [9.17, 15) is 4.79 Å². The van der Waals surface area contributed by atoms with E-state index in [1.807, 2.05) is 0 Å². The van der Waals surface area contributed by atoms with Crippen molar-refractivity contribution >= 4 is 5.91 Å². The lowest BCUT2D eigenvalue weighted by Gasteiger charge is -2.03. The third kappa shape index (κ3) is 1.54. The van der Waals surface area contributed by atoms with Gasteiger partial charge >= 0.3 is 0 Å². The molecule has 1 aromatic rings. The van der Waals surface area contributed by atoms with E-state index < -0.39 is 0 Å². The minimum atomic E-state index is -0.292. The zero-order valence-corrected chi connectivity index (χ0v) is 6.57. The number of carbonyl (C=O) groups excluding carboxylic acids is 1. The van der Waals surface area contributed by atoms with E-state index in [2.05, 4.69) is 10.2 Å². The number of hydrogen-bond donors (Lipinski definition) is 2. The molecule has 0 aliphatic carbocycles. The summed E-state index contributed by atoms with van der Waals surface area (Å²) >= 11 is 0. The quantitative estimate of drug-likeness (QED) is 0.508. The maximum Gasteiger partial charge on any atom is 0.254 e. The molecule has 1 aromatic carbocycles. The number of carbonyl (C=O) groups is 1. The molecule has 1 amide bonds. The summed E-state index contributed by atoms with van der Waals surface area (Å²) in [5.41, 5.74) is 0.308. The van der Waals surface area contributed by atoms with Crippen LogP contribution < -0.4 is 10.2 Å². The Labute approximate surface area is 69.7 Å². The third-order valence-electron chi connectivity index (χ3n) is 1.46. The van der Waals surface area contributed by atoms with Crippen LogP contribution in [0.4, 0.5) is 0 Å². The Balaban J connectivity index is 3.04. The highest BCUT2D eigenvalue weighted by Crippen LogP contribution is 2.16. The fraction of sp³-hybridized carbons (Fsp3) is 0.125. The van der Waals surface area contributed by atoms with Crippen LogP contribution in [0.3, 0.4) is 0 Å². The van der Waals surface area contributed by atoms with Crippen LogP contribution in [0, 0.1) is 0 Å². The molecule has 0 saturated carbocycles. The van der Waals surface area contributed by atoms with Gasteiger partial charge in [-0.15, -0.1) is 0 Å². The van der Waals surface area contributed by atoms with E-state index in [1.165, 1.54) is 13.1 Å². The first-order valence-corrected chi connectivity index (χ1v) is 3.42. The summed E-state index contributed by atoms with van der Waals surface area (Å²) in [6.07, 6.45) is 0. The molecule has 0 aliphatic heterocycles. The van der Waals surface area contributed by atoms with Crippen LogP contribution in [0.25, 0.3) is 0 Å². The highest BCUT2D eigenvalue weighted by molar-refractivity contribution is 5.96. The van der Waals surface area contributed by atoms with Gasteiger partial charge in [-0.05, 0) is 12.1 Å². The van der Waals surface area contributed by atoms with E-state index in [-0.39, 0.29) is 11.7 Å². The highest BCUT2D eigenvalue weighted by atomic mass is 17.1. The number of hydrogen-bond acceptors (Lipinski definition) is 3. The molecule has 0 bridgehead atoms. The van der Waals surface area contributed by atoms with Crippen molar-refractivity contribution < 1.29 is 14.9 Å². The van der Waals surface area contributed by atoms with Crippen LogP contribution in [0.5, 0.6) is 5.75 Å². The average Bonchev–Trinajstić information content (AvgIpc) is 2.16. The number of amides is 1. The second-order valence-corrected chi connectivity index (χ2v) is 2.17. The van der Waals surface area contributed by atoms with E-state index >= 15 is 0 Å². The van der Waals surface area contributed by atoms with Gasteiger partial charge in [-0.1, -0.05) is 12.1 Å². The molecule has 0 atom stereocenters. The maximum atomic E-state index is 11.1. The molecule has 4 nitrogen and oxygen atoms in total. The molecule has 1 rings (SSSR count). The Morgan fingerprint density at radius 2 is 2.17 bits per heavy atom. The van der Waals surface area contributed by atoms with Crippen molar-refractivity contribution in [1.29, 1.82) is 0 Å². The Hall–Kier alpha value is -1.55. The molecule has 0 aliphatic rings. The van der Waals surface area contributed by atoms with Gasteiger partial charge in [-0.25, -0.2) is 5.26 Å². The van der Waals surface area contributed by atoms with Gasteiger partial charge < -0.3 is 10.2 Å². The molecule has 2 N–H and O–H groups in total. The standard InChI is InChI=1S/C8H9NO3/c1-9-8(10)6-4-2-3-5-7(6)12-11/h2-5,11H,1H3,(H,9,10). The summed E-state index contributed by atoms with van der Waals surface area (Å²) < 4.78 is 0. The van der Waals surface area contributed by atoms with Gasteiger partial charge in [0.1, 0.15) is 0 Å². The first-order valence-electron chi connectivity index (χ1n) is 3.42. The van der Waals surface area contributed by atoms with Crippen molar-refractivity contribution in [2.24, 2.45) is 0 Å². The van der Waals surface area contributed by atoms with Crippen LogP contribution in [0.2, 0.25) is 0 Å². The molecule has 0 unspecified atom stereocenters. The highest BCUT2D eigenvalue weighted by Gasteiger charge is 2.09. The van der Waals surface area contributed by atoms with Crippen LogP contribution in [0.1, 0.15) is 10.4 Å². The lowest BCUT2D eigenvalue weighted by molar-refractivity contribution is -0.138. The molecule has 0 spiro atoms. The number of nitrogens with one attached hydrogen (secondary N) is 1. The lowest BCUT2D eigenvalue weighted by atomic mass is 10.2. The van der Waals surface area contributed by atoms with Crippen LogP contribution in [0.15, 0.2) is 24.3 Å². The predicted octanol–water partition coefficient (Wildman–Crippen LogP) is 0.898. The smallest absolute Gasteiger partial charge is 0.254 e. The first kappa shape index (κ1) is 8.55. The van der Waals surface area contributed by atoms with Crippen molar-refractivity contribution in [1.82, 2.24) is 5.32 Å². The van der Waals surface area contributed by atoms with Crippen molar-refractivity contribution in [3.8, 4) is 5.75 Å². The molecule has 64 valence electrons. The summed E-state index contributed by atoms with van der Waals surface area (Å²) in [6.45, 7) is 0. The normalized spacial score (nSPS) is 9.17. The van der Waals surface area contributed by atoms with Crippen molar-refractivity contribution in [2.75, 3.05) is 7.05 Å². The molecule has 0 heterocycles. The number of para-hydroxylation sites is 1. The van der Waals surface area contributed by atoms with Crippen LogP contribution in [-0.2, 0) is 0 Å². The summed E-state index contributed by atoms with van der Waals surface area (Å²) in [7, 11) is 1.51. The van der Waals surface area contributed by atoms with Crippen LogP contribution in [-0.4, -0.2) is 18.2 Å². The Kier molecular flexibility index (Phi) is 2.66. The fourth-order valence-electron chi connectivity index (χ4n) is 0.869. The molecular weight excluding hydrogens is 158 g/mol. The summed E-state index contributed by atoms with van der Waals surface area (Å²) in [6, 6.07) is 6.42. The van der Waals surface area contributed by atoms with Crippen LogP contribution >= 0.6 is 0 Å². The van der Waals surface area contributed by atoms with Gasteiger partial charge in [0.15, 0.2) is 5.75 Å². The van der Waals surface area contributed by atoms with Gasteiger partial charge in [0.25, 0.3) is 5.91 Å². The molecular formula is C8H9NO3. The second kappa shape index (κ2) is 3.73. The van der Waals surface area contributed by atoms with E-state index in [4.69, 9.17) is 5.26 Å².